The van der Waals surface area contributed by atoms with Crippen LogP contribution in [0.5, 0.6) is 0 Å². The second-order valence-electron chi connectivity index (χ2n) is 12.6. The van der Waals surface area contributed by atoms with Gasteiger partial charge in [0.1, 0.15) is 17.5 Å². The Bertz CT molecular complexity index is 1280. The van der Waals surface area contributed by atoms with Gasteiger partial charge in [-0.3, -0.25) is 0 Å². The van der Waals surface area contributed by atoms with E-state index in [1.54, 1.807) is 12.3 Å². The van der Waals surface area contributed by atoms with Crippen LogP contribution in [0.3, 0.4) is 0 Å². The van der Waals surface area contributed by atoms with Gasteiger partial charge in [-0.05, 0) is 73.4 Å². The Morgan fingerprint density at radius 3 is 2.31 bits per heavy atom. The van der Waals surface area contributed by atoms with Gasteiger partial charge in [-0.1, -0.05) is 64.3 Å². The molecule has 2 unspecified atom stereocenters. The van der Waals surface area contributed by atoms with Crippen molar-refractivity contribution < 1.29 is 13.9 Å². The molecule has 0 radical (unpaired) electrons. The van der Waals surface area contributed by atoms with Crippen molar-refractivity contribution in [2.45, 2.75) is 96.2 Å². The fourth-order valence-electron chi connectivity index (χ4n) is 5.99. The molecule has 0 spiro atoms. The third kappa shape index (κ3) is 8.04. The van der Waals surface area contributed by atoms with Crippen LogP contribution in [0.1, 0.15) is 83.4 Å². The first kappa shape index (κ1) is 31.8. The van der Waals surface area contributed by atoms with Gasteiger partial charge in [-0.2, -0.15) is 4.98 Å². The summed E-state index contributed by atoms with van der Waals surface area (Å²) in [6, 6.07) is 13.5. The van der Waals surface area contributed by atoms with Gasteiger partial charge in [0, 0.05) is 37.4 Å². The van der Waals surface area contributed by atoms with Gasteiger partial charge in [0.05, 0.1) is 12.1 Å². The van der Waals surface area contributed by atoms with E-state index in [-0.39, 0.29) is 17.4 Å². The van der Waals surface area contributed by atoms with E-state index in [1.165, 1.54) is 29.7 Å². The van der Waals surface area contributed by atoms with Gasteiger partial charge in [0.2, 0.25) is 5.95 Å². The van der Waals surface area contributed by atoms with Gasteiger partial charge in [0.15, 0.2) is 0 Å². The molecule has 2 atom stereocenters. The number of halogens is 2. The average Bonchev–Trinajstić information content (AvgIpc) is 2.96. The van der Waals surface area contributed by atoms with Crippen molar-refractivity contribution in [3.8, 4) is 0 Å². The minimum absolute atomic E-state index is 0.0299. The van der Waals surface area contributed by atoms with Crippen LogP contribution in [0.4, 0.5) is 20.5 Å². The van der Waals surface area contributed by atoms with E-state index in [0.717, 1.165) is 44.8 Å². The number of nitrogens with zero attached hydrogens (tertiary/aromatic N) is 3. The molecule has 0 saturated heterocycles. The molecule has 1 heterocycles. The summed E-state index contributed by atoms with van der Waals surface area (Å²) < 4.78 is 28.2. The van der Waals surface area contributed by atoms with E-state index >= 15 is 0 Å². The van der Waals surface area contributed by atoms with Crippen molar-refractivity contribution in [3.63, 3.8) is 0 Å². The first-order valence-corrected chi connectivity index (χ1v) is 15.4. The summed E-state index contributed by atoms with van der Waals surface area (Å²) in [5, 5.41) is 18.8. The molecule has 0 amide bonds. The van der Waals surface area contributed by atoms with Gasteiger partial charge in [-0.25, -0.2) is 13.8 Å². The predicted molar refractivity (Wildman–Crippen MR) is 167 cm³/mol. The van der Waals surface area contributed by atoms with Gasteiger partial charge >= 0.3 is 0 Å². The van der Waals surface area contributed by atoms with Crippen LogP contribution >= 0.6 is 0 Å². The number of hydrogen-bond acceptors (Lipinski definition) is 6. The van der Waals surface area contributed by atoms with E-state index in [1.807, 2.05) is 18.7 Å². The molecule has 1 saturated carbocycles. The topological polar surface area (TPSA) is 73.3 Å². The molecular formula is C34H47F2N5O. The Labute approximate surface area is 250 Å². The first-order valence-electron chi connectivity index (χ1n) is 15.4. The number of aliphatic hydroxyl groups excluding tert-OH is 1. The maximum absolute atomic E-state index is 14.1. The molecule has 0 aliphatic heterocycles. The largest absolute Gasteiger partial charge is 0.390 e. The van der Waals surface area contributed by atoms with E-state index < -0.39 is 23.8 Å². The zero-order valence-corrected chi connectivity index (χ0v) is 25.8. The van der Waals surface area contributed by atoms with Crippen molar-refractivity contribution in [2.24, 2.45) is 0 Å². The second kappa shape index (κ2) is 13.9. The van der Waals surface area contributed by atoms with E-state index in [4.69, 9.17) is 0 Å². The summed E-state index contributed by atoms with van der Waals surface area (Å²) in [4.78, 5) is 11.1. The van der Waals surface area contributed by atoms with Crippen molar-refractivity contribution in [2.75, 3.05) is 29.9 Å². The number of aliphatic hydroxyl groups is 1. The summed E-state index contributed by atoms with van der Waals surface area (Å²) in [6.45, 7) is 12.6. The van der Waals surface area contributed by atoms with Gasteiger partial charge < -0.3 is 20.6 Å². The van der Waals surface area contributed by atoms with Crippen LogP contribution in [0.2, 0.25) is 0 Å². The molecule has 1 fully saturated rings. The van der Waals surface area contributed by atoms with Crippen LogP contribution in [-0.2, 0) is 17.4 Å². The van der Waals surface area contributed by atoms with Crippen LogP contribution in [0, 0.1) is 11.6 Å². The third-order valence-electron chi connectivity index (χ3n) is 8.50. The SMILES string of the molecule is CCN(CC)c1nccc(NC(Cc2cc(F)cc(F)c2)C(O)CNC2(c3cccc(C(C)(C)C)c3)CCCCC2)n1. The summed E-state index contributed by atoms with van der Waals surface area (Å²) in [7, 11) is 0. The number of aromatic nitrogens is 2. The molecule has 2 aromatic carbocycles. The summed E-state index contributed by atoms with van der Waals surface area (Å²) in [6.07, 6.45) is 6.43. The van der Waals surface area contributed by atoms with Gasteiger partial charge in [-0.15, -0.1) is 0 Å². The fourth-order valence-corrected chi connectivity index (χ4v) is 5.99. The molecule has 3 N–H and O–H groups in total. The lowest BCUT2D eigenvalue weighted by atomic mass is 9.74. The second-order valence-corrected chi connectivity index (χ2v) is 12.6. The molecule has 4 rings (SSSR count). The van der Waals surface area contributed by atoms with Crippen molar-refractivity contribution in [1.29, 1.82) is 0 Å². The lowest BCUT2D eigenvalue weighted by Gasteiger charge is -2.41. The van der Waals surface area contributed by atoms with Crippen LogP contribution < -0.4 is 15.5 Å². The Kier molecular flexibility index (Phi) is 10.5. The minimum Gasteiger partial charge on any atom is -0.390 e. The Balaban J connectivity index is 1.60. The molecule has 228 valence electrons. The molecule has 6 nitrogen and oxygen atoms in total. The lowest BCUT2D eigenvalue weighted by Crippen LogP contribution is -2.51. The molecule has 8 heteroatoms. The number of anilines is 2. The maximum atomic E-state index is 14.1. The van der Waals surface area contributed by atoms with Crippen LogP contribution in [0.15, 0.2) is 54.7 Å². The number of rotatable bonds is 12. The highest BCUT2D eigenvalue weighted by molar-refractivity contribution is 5.42. The highest BCUT2D eigenvalue weighted by atomic mass is 19.1. The molecule has 1 aliphatic rings. The number of nitrogens with one attached hydrogen (secondary N) is 2. The molecule has 3 aromatic rings. The van der Waals surface area contributed by atoms with Crippen molar-refractivity contribution in [3.05, 3.63) is 83.1 Å². The van der Waals surface area contributed by atoms with Gasteiger partial charge in [0.25, 0.3) is 0 Å². The van der Waals surface area contributed by atoms with Crippen LogP contribution in [-0.4, -0.2) is 46.9 Å². The molecule has 0 bridgehead atoms. The molecule has 42 heavy (non-hydrogen) atoms. The monoisotopic (exact) mass is 579 g/mol. The van der Waals surface area contributed by atoms with E-state index in [2.05, 4.69) is 65.6 Å². The normalized spacial score (nSPS) is 16.6. The summed E-state index contributed by atoms with van der Waals surface area (Å²) in [5.41, 5.74) is 2.78. The zero-order chi connectivity index (χ0) is 30.3. The summed E-state index contributed by atoms with van der Waals surface area (Å²) in [5.74, 6) is -0.129. The molecular weight excluding hydrogens is 532 g/mol. The standard InChI is InChI=1S/C34H47F2N5O/c1-6-41(7-2)32-37-17-14-31(40-32)39-29(20-24-18-27(35)22-28(36)19-24)30(42)23-38-34(15-9-8-10-16-34)26-13-11-12-25(21-26)33(3,4)5/h11-14,17-19,21-22,29-30,38,42H,6-10,15-16,20,23H2,1-5H3,(H,37,39,40). The Morgan fingerprint density at radius 2 is 1.67 bits per heavy atom. The smallest absolute Gasteiger partial charge is 0.227 e. The Hall–Kier alpha value is -3.10. The maximum Gasteiger partial charge on any atom is 0.227 e. The highest BCUT2D eigenvalue weighted by Gasteiger charge is 2.35. The fraction of sp³-hybridized carbons (Fsp3) is 0.529. The van der Waals surface area contributed by atoms with E-state index in [9.17, 15) is 13.9 Å². The molecule has 1 aliphatic carbocycles. The highest BCUT2D eigenvalue weighted by Crippen LogP contribution is 2.38. The first-order chi connectivity index (χ1) is 20.0. The van der Waals surface area contributed by atoms with Crippen molar-refractivity contribution in [1.82, 2.24) is 15.3 Å². The molecule has 1 aromatic heterocycles. The Morgan fingerprint density at radius 1 is 0.976 bits per heavy atom. The van der Waals surface area contributed by atoms with Crippen molar-refractivity contribution >= 4 is 11.8 Å². The van der Waals surface area contributed by atoms with E-state index in [0.29, 0.717) is 23.9 Å². The summed E-state index contributed by atoms with van der Waals surface area (Å²) >= 11 is 0. The lowest BCUT2D eigenvalue weighted by molar-refractivity contribution is 0.122. The average molecular weight is 580 g/mol. The number of benzene rings is 2. The third-order valence-corrected chi connectivity index (χ3v) is 8.50. The number of hydrogen-bond donors (Lipinski definition) is 3. The predicted octanol–water partition coefficient (Wildman–Crippen LogP) is 6.73. The quantitative estimate of drug-likeness (QED) is 0.221. The zero-order valence-electron chi connectivity index (χ0n) is 25.8. The minimum atomic E-state index is -0.868. The van der Waals surface area contributed by atoms with Crippen LogP contribution in [0.25, 0.3) is 0 Å².